The fourth-order valence-corrected chi connectivity index (χ4v) is 3.23. The van der Waals surface area contributed by atoms with Crippen LogP contribution in [0.25, 0.3) is 0 Å². The van der Waals surface area contributed by atoms with Crippen LogP contribution in [0.4, 0.5) is 0 Å². The number of sulfone groups is 1. The van der Waals surface area contributed by atoms with Crippen LogP contribution in [0.5, 0.6) is 0 Å². The second-order valence-corrected chi connectivity index (χ2v) is 6.72. The van der Waals surface area contributed by atoms with Crippen LogP contribution in [-0.4, -0.2) is 40.3 Å². The van der Waals surface area contributed by atoms with Gasteiger partial charge in [-0.1, -0.05) is 29.3 Å². The average molecular weight is 347 g/mol. The number of benzene rings is 1. The van der Waals surface area contributed by atoms with Crippen LogP contribution >= 0.6 is 11.6 Å². The molecular formula is C14H15ClO6S. The van der Waals surface area contributed by atoms with Gasteiger partial charge in [-0.15, -0.1) is 0 Å². The molecule has 0 saturated heterocycles. The van der Waals surface area contributed by atoms with Crippen LogP contribution in [0, 0.1) is 6.92 Å². The van der Waals surface area contributed by atoms with Gasteiger partial charge < -0.3 is 9.47 Å². The highest BCUT2D eigenvalue weighted by Gasteiger charge is 2.27. The lowest BCUT2D eigenvalue weighted by Crippen LogP contribution is -2.20. The zero-order chi connectivity index (χ0) is 16.9. The topological polar surface area (TPSA) is 86.7 Å². The number of esters is 2. The molecule has 0 aromatic heterocycles. The highest BCUT2D eigenvalue weighted by Crippen LogP contribution is 2.20. The molecule has 0 aliphatic heterocycles. The Bertz CT molecular complexity index is 703. The summed E-state index contributed by atoms with van der Waals surface area (Å²) in [6.07, 6.45) is 0. The minimum Gasteiger partial charge on any atom is -0.466 e. The van der Waals surface area contributed by atoms with Gasteiger partial charge in [-0.2, -0.15) is 0 Å². The van der Waals surface area contributed by atoms with Gasteiger partial charge in [0.1, 0.15) is 5.03 Å². The molecule has 0 aliphatic rings. The van der Waals surface area contributed by atoms with Gasteiger partial charge in [-0.25, -0.2) is 18.0 Å². The lowest BCUT2D eigenvalue weighted by atomic mass is 10.2. The van der Waals surface area contributed by atoms with E-state index in [1.807, 2.05) is 6.92 Å². The van der Waals surface area contributed by atoms with Gasteiger partial charge in [0.05, 0.1) is 30.4 Å². The molecule has 0 atom stereocenters. The predicted molar refractivity (Wildman–Crippen MR) is 80.1 cm³/mol. The zero-order valence-electron chi connectivity index (χ0n) is 12.3. The number of hydrogen-bond donors (Lipinski definition) is 0. The molecule has 0 spiro atoms. The molecule has 0 radical (unpaired) electrons. The summed E-state index contributed by atoms with van der Waals surface area (Å²) in [5.41, 5.74) is 0.409. The van der Waals surface area contributed by atoms with E-state index in [0.717, 1.165) is 19.8 Å². The molecule has 0 heterocycles. The number of carbonyl (C=O) groups is 2. The van der Waals surface area contributed by atoms with Crippen molar-refractivity contribution < 1.29 is 27.5 Å². The van der Waals surface area contributed by atoms with Gasteiger partial charge in [0.2, 0.25) is 0 Å². The minimum absolute atomic E-state index is 0.00818. The standard InChI is InChI=1S/C14H15ClO6S/c1-9-4-6-10(7-5-9)22(18,19)8-11(13(16)20-2)12(15)14(17)21-3/h4-7H,8H2,1-3H3/b12-11+. The quantitative estimate of drug-likeness (QED) is 0.594. The number of hydrogen-bond acceptors (Lipinski definition) is 6. The van der Waals surface area contributed by atoms with Crippen molar-refractivity contribution in [1.29, 1.82) is 0 Å². The summed E-state index contributed by atoms with van der Waals surface area (Å²) < 4.78 is 33.5. The van der Waals surface area contributed by atoms with Gasteiger partial charge in [0.15, 0.2) is 9.84 Å². The highest BCUT2D eigenvalue weighted by molar-refractivity contribution is 7.91. The SMILES string of the molecule is COC(=O)/C(Cl)=C(/CS(=O)(=O)c1ccc(C)cc1)C(=O)OC. The first-order valence-electron chi connectivity index (χ1n) is 6.07. The Kier molecular flexibility index (Phi) is 6.13. The fraction of sp³-hybridized carbons (Fsp3) is 0.286. The number of ether oxygens (including phenoxy) is 2. The molecule has 22 heavy (non-hydrogen) atoms. The third-order valence-electron chi connectivity index (χ3n) is 2.78. The first-order chi connectivity index (χ1) is 10.2. The summed E-state index contributed by atoms with van der Waals surface area (Å²) in [5, 5.41) is -0.620. The Morgan fingerprint density at radius 1 is 1.05 bits per heavy atom. The minimum atomic E-state index is -3.87. The number of methoxy groups -OCH3 is 2. The third kappa shape index (κ3) is 4.32. The normalized spacial score (nSPS) is 12.4. The molecule has 0 amide bonds. The monoisotopic (exact) mass is 346 g/mol. The number of aryl methyl sites for hydroxylation is 1. The van der Waals surface area contributed by atoms with E-state index >= 15 is 0 Å². The predicted octanol–water partition coefficient (Wildman–Crippen LogP) is 1.61. The molecule has 0 fully saturated rings. The van der Waals surface area contributed by atoms with Crippen LogP contribution in [-0.2, 0) is 28.9 Å². The Hall–Kier alpha value is -1.86. The van der Waals surface area contributed by atoms with E-state index in [0.29, 0.717) is 0 Å². The third-order valence-corrected chi connectivity index (χ3v) is 4.82. The van der Waals surface area contributed by atoms with Gasteiger partial charge in [0.25, 0.3) is 0 Å². The maximum absolute atomic E-state index is 12.3. The molecule has 0 aliphatic carbocycles. The number of carbonyl (C=O) groups excluding carboxylic acids is 2. The molecule has 1 aromatic carbocycles. The smallest absolute Gasteiger partial charge is 0.350 e. The summed E-state index contributed by atoms with van der Waals surface area (Å²) in [6.45, 7) is 1.81. The molecule has 120 valence electrons. The summed E-state index contributed by atoms with van der Waals surface area (Å²) in [4.78, 5) is 23.1. The van der Waals surface area contributed by atoms with E-state index in [4.69, 9.17) is 11.6 Å². The Morgan fingerprint density at radius 3 is 2.00 bits per heavy atom. The van der Waals surface area contributed by atoms with E-state index in [1.54, 1.807) is 12.1 Å². The summed E-state index contributed by atoms with van der Waals surface area (Å²) in [7, 11) is -1.75. The molecule has 0 N–H and O–H groups in total. The molecule has 8 heteroatoms. The maximum atomic E-state index is 12.3. The lowest BCUT2D eigenvalue weighted by molar-refractivity contribution is -0.138. The van der Waals surface area contributed by atoms with Gasteiger partial charge in [0, 0.05) is 0 Å². The van der Waals surface area contributed by atoms with E-state index in [2.05, 4.69) is 9.47 Å². The van der Waals surface area contributed by atoms with Crippen molar-refractivity contribution in [3.63, 3.8) is 0 Å². The summed E-state index contributed by atoms with van der Waals surface area (Å²) >= 11 is 5.73. The molecule has 1 rings (SSSR count). The molecule has 0 unspecified atom stereocenters. The van der Waals surface area contributed by atoms with Crippen molar-refractivity contribution in [2.24, 2.45) is 0 Å². The second kappa shape index (κ2) is 7.42. The fourth-order valence-electron chi connectivity index (χ4n) is 1.57. The first-order valence-corrected chi connectivity index (χ1v) is 8.10. The Morgan fingerprint density at radius 2 is 1.55 bits per heavy atom. The van der Waals surface area contributed by atoms with Gasteiger partial charge in [-0.3, -0.25) is 0 Å². The van der Waals surface area contributed by atoms with Crippen molar-refractivity contribution in [2.75, 3.05) is 20.0 Å². The largest absolute Gasteiger partial charge is 0.466 e. The summed E-state index contributed by atoms with van der Waals surface area (Å²) in [5.74, 6) is -2.79. The highest BCUT2D eigenvalue weighted by atomic mass is 35.5. The summed E-state index contributed by atoms with van der Waals surface area (Å²) in [6, 6.07) is 6.06. The molecule has 6 nitrogen and oxygen atoms in total. The van der Waals surface area contributed by atoms with Crippen LogP contribution < -0.4 is 0 Å². The van der Waals surface area contributed by atoms with Gasteiger partial charge in [-0.05, 0) is 19.1 Å². The van der Waals surface area contributed by atoms with Crippen LogP contribution in [0.15, 0.2) is 39.8 Å². The Labute approximate surface area is 133 Å². The van der Waals surface area contributed by atoms with Crippen LogP contribution in [0.2, 0.25) is 0 Å². The van der Waals surface area contributed by atoms with E-state index in [1.165, 1.54) is 12.1 Å². The van der Waals surface area contributed by atoms with Crippen molar-refractivity contribution in [3.8, 4) is 0 Å². The molecule has 0 saturated carbocycles. The maximum Gasteiger partial charge on any atom is 0.350 e. The molecular weight excluding hydrogens is 332 g/mol. The van der Waals surface area contributed by atoms with Crippen molar-refractivity contribution in [3.05, 3.63) is 40.4 Å². The van der Waals surface area contributed by atoms with Crippen LogP contribution in [0.3, 0.4) is 0 Å². The average Bonchev–Trinajstić information content (AvgIpc) is 2.50. The van der Waals surface area contributed by atoms with Crippen molar-refractivity contribution >= 4 is 33.4 Å². The lowest BCUT2D eigenvalue weighted by Gasteiger charge is -2.09. The van der Waals surface area contributed by atoms with E-state index < -0.39 is 38.1 Å². The van der Waals surface area contributed by atoms with Gasteiger partial charge >= 0.3 is 11.9 Å². The van der Waals surface area contributed by atoms with Crippen molar-refractivity contribution in [1.82, 2.24) is 0 Å². The van der Waals surface area contributed by atoms with E-state index in [-0.39, 0.29) is 4.90 Å². The Balaban J connectivity index is 3.27. The van der Waals surface area contributed by atoms with Crippen molar-refractivity contribution in [2.45, 2.75) is 11.8 Å². The first kappa shape index (κ1) is 18.2. The second-order valence-electron chi connectivity index (χ2n) is 4.35. The molecule has 1 aromatic rings. The van der Waals surface area contributed by atoms with E-state index in [9.17, 15) is 18.0 Å². The zero-order valence-corrected chi connectivity index (χ0v) is 13.8. The molecule has 0 bridgehead atoms. The number of halogens is 1. The van der Waals surface area contributed by atoms with Crippen LogP contribution in [0.1, 0.15) is 5.56 Å². The number of rotatable bonds is 5.